The van der Waals surface area contributed by atoms with Crippen molar-refractivity contribution in [2.45, 2.75) is 12.2 Å². The Hall–Kier alpha value is -1.30. The summed E-state index contributed by atoms with van der Waals surface area (Å²) in [6.07, 6.45) is -0.0325. The topological polar surface area (TPSA) is 71.5 Å². The van der Waals surface area contributed by atoms with Gasteiger partial charge in [-0.1, -0.05) is 12.1 Å². The Balaban J connectivity index is 0.000000181. The first-order valence-electron chi connectivity index (χ1n) is 5.55. The molecule has 17 heavy (non-hydrogen) atoms. The van der Waals surface area contributed by atoms with Crippen LogP contribution in [0.3, 0.4) is 0 Å². The van der Waals surface area contributed by atoms with E-state index in [0.29, 0.717) is 12.4 Å². The summed E-state index contributed by atoms with van der Waals surface area (Å²) in [6.45, 7) is 1.37. The van der Waals surface area contributed by atoms with Crippen LogP contribution >= 0.6 is 0 Å². The van der Waals surface area contributed by atoms with E-state index in [4.69, 9.17) is 19.7 Å². The maximum atomic E-state index is 8.81. The maximum Gasteiger partial charge on any atom is 0.161 e. The molecule has 2 N–H and O–H groups in total. The van der Waals surface area contributed by atoms with E-state index in [2.05, 4.69) is 4.74 Å². The highest BCUT2D eigenvalue weighted by Crippen LogP contribution is 2.30. The van der Waals surface area contributed by atoms with Gasteiger partial charge in [-0.2, -0.15) is 0 Å². The van der Waals surface area contributed by atoms with Gasteiger partial charge in [-0.25, -0.2) is 0 Å². The lowest BCUT2D eigenvalue weighted by atomic mass is 10.3. The van der Waals surface area contributed by atoms with Gasteiger partial charge in [-0.05, 0) is 12.1 Å². The predicted molar refractivity (Wildman–Crippen MR) is 60.3 cm³/mol. The SMILES string of the molecule is OCC1CO1.OCC1COc2ccccc2O1. The lowest BCUT2D eigenvalue weighted by Gasteiger charge is -2.24. The molecule has 94 valence electrons. The molecule has 1 aromatic carbocycles. The minimum atomic E-state index is -0.222. The predicted octanol–water partition coefficient (Wildman–Crippen LogP) is 0.196. The van der Waals surface area contributed by atoms with Gasteiger partial charge >= 0.3 is 0 Å². The Labute approximate surface area is 99.5 Å². The van der Waals surface area contributed by atoms with Gasteiger partial charge in [-0.15, -0.1) is 0 Å². The summed E-state index contributed by atoms with van der Waals surface area (Å²) in [5, 5.41) is 16.9. The molecule has 0 aromatic heterocycles. The van der Waals surface area contributed by atoms with Crippen molar-refractivity contribution in [2.75, 3.05) is 26.4 Å². The highest BCUT2D eigenvalue weighted by atomic mass is 16.6. The highest BCUT2D eigenvalue weighted by molar-refractivity contribution is 5.40. The molecule has 2 heterocycles. The van der Waals surface area contributed by atoms with Gasteiger partial charge in [0.2, 0.25) is 0 Å². The number of ether oxygens (including phenoxy) is 3. The van der Waals surface area contributed by atoms with Crippen molar-refractivity contribution in [1.82, 2.24) is 0 Å². The fourth-order valence-electron chi connectivity index (χ4n) is 1.33. The minimum Gasteiger partial charge on any atom is -0.486 e. The fourth-order valence-corrected chi connectivity index (χ4v) is 1.33. The van der Waals surface area contributed by atoms with Gasteiger partial charge in [0.25, 0.3) is 0 Å². The second-order valence-electron chi connectivity index (χ2n) is 3.82. The smallest absolute Gasteiger partial charge is 0.161 e. The largest absolute Gasteiger partial charge is 0.486 e. The van der Waals surface area contributed by atoms with Crippen molar-refractivity contribution in [3.05, 3.63) is 24.3 Å². The summed E-state index contributed by atoms with van der Waals surface area (Å²) in [5.74, 6) is 1.46. The van der Waals surface area contributed by atoms with Crippen molar-refractivity contribution < 1.29 is 24.4 Å². The Morgan fingerprint density at radius 2 is 1.65 bits per heavy atom. The molecule has 1 saturated heterocycles. The summed E-state index contributed by atoms with van der Waals surface area (Å²) < 4.78 is 15.4. The lowest BCUT2D eigenvalue weighted by molar-refractivity contribution is 0.0456. The molecule has 3 rings (SSSR count). The summed E-state index contributed by atoms with van der Waals surface area (Å²) >= 11 is 0. The van der Waals surface area contributed by atoms with Crippen molar-refractivity contribution in [1.29, 1.82) is 0 Å². The van der Waals surface area contributed by atoms with Crippen LogP contribution in [0.1, 0.15) is 0 Å². The molecule has 1 fully saturated rings. The number of benzene rings is 1. The average Bonchev–Trinajstić information content (AvgIpc) is 3.23. The molecular weight excluding hydrogens is 224 g/mol. The van der Waals surface area contributed by atoms with Crippen molar-refractivity contribution >= 4 is 0 Å². The lowest BCUT2D eigenvalue weighted by Crippen LogP contribution is -2.32. The van der Waals surface area contributed by atoms with E-state index in [-0.39, 0.29) is 25.4 Å². The van der Waals surface area contributed by atoms with Gasteiger partial charge < -0.3 is 24.4 Å². The molecule has 5 nitrogen and oxygen atoms in total. The molecule has 2 aliphatic heterocycles. The molecule has 0 saturated carbocycles. The zero-order chi connectivity index (χ0) is 12.1. The Morgan fingerprint density at radius 3 is 2.18 bits per heavy atom. The van der Waals surface area contributed by atoms with E-state index >= 15 is 0 Å². The highest BCUT2D eigenvalue weighted by Gasteiger charge is 2.20. The molecular formula is C12H16O5. The van der Waals surface area contributed by atoms with Crippen LogP contribution in [-0.4, -0.2) is 48.8 Å². The third-order valence-corrected chi connectivity index (χ3v) is 2.38. The van der Waals surface area contributed by atoms with Crippen molar-refractivity contribution in [3.8, 4) is 11.5 Å². The van der Waals surface area contributed by atoms with Crippen LogP contribution in [0, 0.1) is 0 Å². The number of fused-ring (bicyclic) bond motifs is 1. The maximum absolute atomic E-state index is 8.81. The van der Waals surface area contributed by atoms with E-state index < -0.39 is 0 Å². The normalized spacial score (nSPS) is 24.6. The van der Waals surface area contributed by atoms with Gasteiger partial charge in [0.05, 0.1) is 19.8 Å². The van der Waals surface area contributed by atoms with Crippen LogP contribution in [0.25, 0.3) is 0 Å². The van der Waals surface area contributed by atoms with Gasteiger partial charge in [0.1, 0.15) is 12.7 Å². The molecule has 5 heteroatoms. The molecule has 2 unspecified atom stereocenters. The van der Waals surface area contributed by atoms with Crippen LogP contribution in [0.2, 0.25) is 0 Å². The summed E-state index contributed by atoms with van der Waals surface area (Å²) in [5.41, 5.74) is 0. The Kier molecular flexibility index (Phi) is 4.19. The third kappa shape index (κ3) is 3.59. The number of para-hydroxylation sites is 2. The van der Waals surface area contributed by atoms with E-state index in [0.717, 1.165) is 12.4 Å². The van der Waals surface area contributed by atoms with Gasteiger partial charge in [0, 0.05) is 0 Å². The zero-order valence-electron chi connectivity index (χ0n) is 9.41. The zero-order valence-corrected chi connectivity index (χ0v) is 9.41. The standard InChI is InChI=1S/C9H10O3.C3H6O2/c10-5-7-6-11-8-3-1-2-4-9(8)12-7;4-1-3-2-5-3/h1-4,7,10H,5-6H2;3-4H,1-2H2. The van der Waals surface area contributed by atoms with Crippen LogP contribution < -0.4 is 9.47 Å². The Morgan fingerprint density at radius 1 is 1.00 bits per heavy atom. The molecule has 0 bridgehead atoms. The van der Waals surface area contributed by atoms with Crippen LogP contribution in [0.4, 0.5) is 0 Å². The number of aliphatic hydroxyl groups is 2. The van der Waals surface area contributed by atoms with E-state index in [9.17, 15) is 0 Å². The van der Waals surface area contributed by atoms with Crippen LogP contribution in [0.5, 0.6) is 11.5 Å². The van der Waals surface area contributed by atoms with Gasteiger partial charge in [0.15, 0.2) is 17.6 Å². The first kappa shape index (κ1) is 12.2. The molecule has 1 aromatic rings. The number of aliphatic hydroxyl groups excluding tert-OH is 2. The number of hydrogen-bond acceptors (Lipinski definition) is 5. The minimum absolute atomic E-state index is 0.00562. The molecule has 0 aliphatic carbocycles. The van der Waals surface area contributed by atoms with E-state index in [1.165, 1.54) is 0 Å². The number of rotatable bonds is 2. The quantitative estimate of drug-likeness (QED) is 0.722. The summed E-state index contributed by atoms with van der Waals surface area (Å²) in [6, 6.07) is 7.45. The monoisotopic (exact) mass is 240 g/mol. The van der Waals surface area contributed by atoms with Crippen molar-refractivity contribution in [2.24, 2.45) is 0 Å². The second-order valence-corrected chi connectivity index (χ2v) is 3.82. The average molecular weight is 240 g/mol. The first-order chi connectivity index (χ1) is 8.33. The molecule has 0 radical (unpaired) electrons. The summed E-state index contributed by atoms with van der Waals surface area (Å²) in [4.78, 5) is 0. The Bertz CT molecular complexity index is 351. The van der Waals surface area contributed by atoms with E-state index in [1.54, 1.807) is 0 Å². The molecule has 0 spiro atoms. The van der Waals surface area contributed by atoms with E-state index in [1.807, 2.05) is 24.3 Å². The van der Waals surface area contributed by atoms with Crippen LogP contribution in [0.15, 0.2) is 24.3 Å². The first-order valence-corrected chi connectivity index (χ1v) is 5.55. The van der Waals surface area contributed by atoms with Crippen LogP contribution in [-0.2, 0) is 4.74 Å². The fraction of sp³-hybridized carbons (Fsp3) is 0.500. The third-order valence-electron chi connectivity index (χ3n) is 2.38. The molecule has 0 amide bonds. The van der Waals surface area contributed by atoms with Gasteiger partial charge in [-0.3, -0.25) is 0 Å². The summed E-state index contributed by atoms with van der Waals surface area (Å²) in [7, 11) is 0. The molecule has 2 atom stereocenters. The van der Waals surface area contributed by atoms with Crippen molar-refractivity contribution in [3.63, 3.8) is 0 Å². The second kappa shape index (κ2) is 5.86. The molecule has 2 aliphatic rings. The number of hydrogen-bond donors (Lipinski definition) is 2. The number of epoxide rings is 1.